The van der Waals surface area contributed by atoms with Gasteiger partial charge in [0.2, 0.25) is 0 Å². The van der Waals surface area contributed by atoms with Crippen LogP contribution in [0, 0.1) is 17.6 Å². The maximum Gasteiger partial charge on any atom is 0.159 e. The molecule has 1 saturated carbocycles. The third kappa shape index (κ3) is 2.59. The highest BCUT2D eigenvalue weighted by atomic mass is 19.2. The highest BCUT2D eigenvalue weighted by molar-refractivity contribution is 5.18. The number of halogens is 2. The highest BCUT2D eigenvalue weighted by Gasteiger charge is 2.23. The zero-order valence-corrected chi connectivity index (χ0v) is 9.47. The smallest absolute Gasteiger partial charge is 0.159 e. The summed E-state index contributed by atoms with van der Waals surface area (Å²) in [5.74, 6) is -0.897. The van der Waals surface area contributed by atoms with Gasteiger partial charge in [-0.2, -0.15) is 0 Å². The lowest BCUT2D eigenvalue weighted by Crippen LogP contribution is -2.21. The van der Waals surface area contributed by atoms with Gasteiger partial charge in [-0.05, 0) is 56.3 Å². The van der Waals surface area contributed by atoms with E-state index in [1.54, 1.807) is 6.07 Å². The van der Waals surface area contributed by atoms with Crippen molar-refractivity contribution in [1.29, 1.82) is 0 Å². The summed E-state index contributed by atoms with van der Waals surface area (Å²) in [6.45, 7) is 0. The van der Waals surface area contributed by atoms with Crippen LogP contribution in [-0.2, 0) is 6.42 Å². The van der Waals surface area contributed by atoms with Gasteiger partial charge in [-0.3, -0.25) is 0 Å². The van der Waals surface area contributed by atoms with Crippen LogP contribution in [-0.4, -0.2) is 13.1 Å². The molecular formula is C13H17F2N. The van der Waals surface area contributed by atoms with Gasteiger partial charge in [-0.25, -0.2) is 8.78 Å². The maximum atomic E-state index is 13.0. The zero-order valence-electron chi connectivity index (χ0n) is 9.47. The summed E-state index contributed by atoms with van der Waals surface area (Å²) >= 11 is 0. The first kappa shape index (κ1) is 11.5. The number of rotatable bonds is 3. The molecule has 0 bridgehead atoms. The van der Waals surface area contributed by atoms with E-state index in [0.717, 1.165) is 18.4 Å². The Balaban J connectivity index is 1.97. The lowest BCUT2D eigenvalue weighted by molar-refractivity contribution is 0.494. The fraction of sp³-hybridized carbons (Fsp3) is 0.538. The van der Waals surface area contributed by atoms with E-state index >= 15 is 0 Å². The fourth-order valence-corrected chi connectivity index (χ4v) is 2.52. The summed E-state index contributed by atoms with van der Waals surface area (Å²) in [6.07, 6.45) is 4.35. The van der Waals surface area contributed by atoms with Crippen molar-refractivity contribution in [2.24, 2.45) is 5.92 Å². The molecule has 1 aliphatic carbocycles. The Morgan fingerprint density at radius 3 is 2.69 bits per heavy atom. The summed E-state index contributed by atoms with van der Waals surface area (Å²) in [5.41, 5.74) is 0.903. The van der Waals surface area contributed by atoms with E-state index in [4.69, 9.17) is 0 Å². The first-order valence-corrected chi connectivity index (χ1v) is 5.80. The predicted molar refractivity (Wildman–Crippen MR) is 60.3 cm³/mol. The van der Waals surface area contributed by atoms with E-state index in [2.05, 4.69) is 5.32 Å². The Kier molecular flexibility index (Phi) is 3.54. The standard InChI is InChI=1S/C13H17F2N/c1-16-11-4-2-9(7-11)6-10-3-5-12(14)13(15)8-10/h3,5,8-9,11,16H,2,4,6-7H2,1H3. The van der Waals surface area contributed by atoms with Crippen molar-refractivity contribution in [1.82, 2.24) is 5.32 Å². The van der Waals surface area contributed by atoms with Gasteiger partial charge >= 0.3 is 0 Å². The molecule has 1 aliphatic rings. The molecule has 1 nitrogen and oxygen atoms in total. The van der Waals surface area contributed by atoms with Crippen LogP contribution >= 0.6 is 0 Å². The van der Waals surface area contributed by atoms with Crippen molar-refractivity contribution >= 4 is 0 Å². The van der Waals surface area contributed by atoms with E-state index in [9.17, 15) is 8.78 Å². The Bertz CT molecular complexity index is 365. The van der Waals surface area contributed by atoms with Gasteiger partial charge in [0.1, 0.15) is 0 Å². The van der Waals surface area contributed by atoms with Gasteiger partial charge in [0.05, 0.1) is 0 Å². The van der Waals surface area contributed by atoms with Crippen LogP contribution in [0.25, 0.3) is 0 Å². The summed E-state index contributed by atoms with van der Waals surface area (Å²) in [4.78, 5) is 0. The van der Waals surface area contributed by atoms with E-state index in [1.165, 1.54) is 25.0 Å². The molecular weight excluding hydrogens is 208 g/mol. The van der Waals surface area contributed by atoms with Crippen molar-refractivity contribution in [3.8, 4) is 0 Å². The minimum Gasteiger partial charge on any atom is -0.317 e. The molecule has 2 unspecified atom stereocenters. The van der Waals surface area contributed by atoms with Crippen molar-refractivity contribution < 1.29 is 8.78 Å². The molecule has 2 rings (SSSR count). The molecule has 1 fully saturated rings. The second-order valence-electron chi connectivity index (χ2n) is 4.62. The molecule has 1 N–H and O–H groups in total. The van der Waals surface area contributed by atoms with Crippen molar-refractivity contribution in [3.63, 3.8) is 0 Å². The molecule has 88 valence electrons. The molecule has 0 spiro atoms. The molecule has 0 radical (unpaired) electrons. The van der Waals surface area contributed by atoms with Crippen molar-refractivity contribution in [2.75, 3.05) is 7.05 Å². The number of hydrogen-bond donors (Lipinski definition) is 1. The molecule has 1 aromatic rings. The average molecular weight is 225 g/mol. The van der Waals surface area contributed by atoms with Crippen molar-refractivity contribution in [2.45, 2.75) is 31.7 Å². The Labute approximate surface area is 94.9 Å². The summed E-state index contributed by atoms with van der Waals surface area (Å²) in [5, 5.41) is 3.27. The first-order chi connectivity index (χ1) is 7.69. The molecule has 1 aromatic carbocycles. The van der Waals surface area contributed by atoms with Crippen molar-refractivity contribution in [3.05, 3.63) is 35.4 Å². The molecule has 2 atom stereocenters. The Morgan fingerprint density at radius 1 is 1.25 bits per heavy atom. The van der Waals surface area contributed by atoms with Crippen LogP contribution in [0.4, 0.5) is 8.78 Å². The summed E-state index contributed by atoms with van der Waals surface area (Å²) in [7, 11) is 1.98. The first-order valence-electron chi connectivity index (χ1n) is 5.80. The quantitative estimate of drug-likeness (QED) is 0.834. The van der Waals surface area contributed by atoms with Crippen LogP contribution in [0.2, 0.25) is 0 Å². The van der Waals surface area contributed by atoms with E-state index in [0.29, 0.717) is 12.0 Å². The molecule has 0 aliphatic heterocycles. The highest BCUT2D eigenvalue weighted by Crippen LogP contribution is 2.28. The molecule has 16 heavy (non-hydrogen) atoms. The Morgan fingerprint density at radius 2 is 2.06 bits per heavy atom. The molecule has 0 heterocycles. The SMILES string of the molecule is CNC1CCC(Cc2ccc(F)c(F)c2)C1. The summed E-state index contributed by atoms with van der Waals surface area (Å²) in [6, 6.07) is 4.82. The predicted octanol–water partition coefficient (Wildman–Crippen LogP) is 2.90. The van der Waals surface area contributed by atoms with E-state index in [-0.39, 0.29) is 0 Å². The second-order valence-corrected chi connectivity index (χ2v) is 4.62. The Hall–Kier alpha value is -0.960. The number of nitrogens with one attached hydrogen (secondary N) is 1. The van der Waals surface area contributed by atoms with E-state index < -0.39 is 11.6 Å². The average Bonchev–Trinajstić information content (AvgIpc) is 2.71. The topological polar surface area (TPSA) is 12.0 Å². The molecule has 0 saturated heterocycles. The lowest BCUT2D eigenvalue weighted by atomic mass is 9.97. The summed E-state index contributed by atoms with van der Waals surface area (Å²) < 4.78 is 25.8. The van der Waals surface area contributed by atoms with Crippen LogP contribution in [0.15, 0.2) is 18.2 Å². The minimum absolute atomic E-state index is 0.593. The molecule has 0 aromatic heterocycles. The van der Waals surface area contributed by atoms with E-state index in [1.807, 2.05) is 7.05 Å². The monoisotopic (exact) mass is 225 g/mol. The van der Waals surface area contributed by atoms with Gasteiger partial charge in [-0.15, -0.1) is 0 Å². The lowest BCUT2D eigenvalue weighted by Gasteiger charge is -2.10. The maximum absolute atomic E-state index is 13.0. The van der Waals surface area contributed by atoms with Gasteiger partial charge in [0.15, 0.2) is 11.6 Å². The molecule has 3 heteroatoms. The minimum atomic E-state index is -0.761. The number of benzene rings is 1. The number of hydrogen-bond acceptors (Lipinski definition) is 1. The molecule has 0 amide bonds. The van der Waals surface area contributed by atoms with Crippen LogP contribution < -0.4 is 5.32 Å². The van der Waals surface area contributed by atoms with Crippen LogP contribution in [0.3, 0.4) is 0 Å². The zero-order chi connectivity index (χ0) is 11.5. The third-order valence-corrected chi connectivity index (χ3v) is 3.46. The normalized spacial score (nSPS) is 24.9. The third-order valence-electron chi connectivity index (χ3n) is 3.46. The van der Waals surface area contributed by atoms with Gasteiger partial charge < -0.3 is 5.32 Å². The van der Waals surface area contributed by atoms with Gasteiger partial charge in [0, 0.05) is 6.04 Å². The largest absolute Gasteiger partial charge is 0.317 e. The fourth-order valence-electron chi connectivity index (χ4n) is 2.52. The van der Waals surface area contributed by atoms with Gasteiger partial charge in [-0.1, -0.05) is 6.07 Å². The second kappa shape index (κ2) is 4.91. The van der Waals surface area contributed by atoms with Crippen LogP contribution in [0.1, 0.15) is 24.8 Å². The van der Waals surface area contributed by atoms with Crippen LogP contribution in [0.5, 0.6) is 0 Å². The van der Waals surface area contributed by atoms with Gasteiger partial charge in [0.25, 0.3) is 0 Å².